The van der Waals surface area contributed by atoms with E-state index in [2.05, 4.69) is 15.9 Å². The van der Waals surface area contributed by atoms with Crippen LogP contribution < -0.4 is 10.4 Å². The third-order valence-electron chi connectivity index (χ3n) is 6.39. The lowest BCUT2D eigenvalue weighted by Crippen LogP contribution is -2.60. The molecule has 3 aromatic rings. The maximum Gasteiger partial charge on any atom is 0.408 e. The average molecular weight is 584 g/mol. The highest BCUT2D eigenvalue weighted by Gasteiger charge is 2.47. The summed E-state index contributed by atoms with van der Waals surface area (Å²) in [5.74, 6) is -2.12. The minimum absolute atomic E-state index is 0.400. The number of thioether (sulfide) groups is 1. The molecule has 0 radical (unpaired) electrons. The van der Waals surface area contributed by atoms with Gasteiger partial charge in [0.05, 0.1) is 6.04 Å². The summed E-state index contributed by atoms with van der Waals surface area (Å²) >= 11 is 4.98. The zero-order valence-corrected chi connectivity index (χ0v) is 21.0. The van der Waals surface area contributed by atoms with Gasteiger partial charge in [-0.2, -0.15) is 13.2 Å². The molecule has 0 bridgehead atoms. The molecule has 12 heteroatoms. The fraction of sp³-hybridized carbons (Fsp3) is 0.250. The molecule has 188 valence electrons. The van der Waals surface area contributed by atoms with Crippen LogP contribution in [0, 0.1) is 5.82 Å². The molecule has 0 aliphatic carbocycles. The minimum atomic E-state index is -4.75. The number of pyridine rings is 1. The topological polar surface area (TPSA) is 65.8 Å². The largest absolute Gasteiger partial charge is 0.502 e. The van der Waals surface area contributed by atoms with Crippen molar-refractivity contribution in [2.75, 3.05) is 11.7 Å². The Bertz CT molecular complexity index is 1450. The van der Waals surface area contributed by atoms with Gasteiger partial charge in [0.2, 0.25) is 5.43 Å². The Balaban J connectivity index is 1.80. The number of alkyl halides is 3. The van der Waals surface area contributed by atoms with E-state index in [0.29, 0.717) is 27.3 Å². The summed E-state index contributed by atoms with van der Waals surface area (Å²) < 4.78 is 57.5. The maximum atomic E-state index is 14.2. The molecule has 0 saturated heterocycles. The van der Waals surface area contributed by atoms with E-state index in [1.807, 2.05) is 12.1 Å². The molecule has 2 aliphatic heterocycles. The van der Waals surface area contributed by atoms with Gasteiger partial charge in [-0.05, 0) is 57.7 Å². The maximum absolute atomic E-state index is 14.2. The Morgan fingerprint density at radius 2 is 1.89 bits per heavy atom. The van der Waals surface area contributed by atoms with E-state index in [0.717, 1.165) is 22.4 Å². The van der Waals surface area contributed by atoms with Crippen LogP contribution in [-0.4, -0.2) is 39.5 Å². The number of hydrogen-bond acceptors (Lipinski definition) is 5. The van der Waals surface area contributed by atoms with Gasteiger partial charge in [0.25, 0.3) is 5.91 Å². The molecule has 2 aromatic carbocycles. The standard InChI is InChI=1S/C24H18BrF4N3O3S/c1-12(24(27,28)29)30-11-32(31-8-7-18(33)21(34)20(31)23(30)35)19-15-6-5-14(26)9-13(15)10-36-22-16(19)3-2-4-17(22)25/h2-9,12,19,34H,10-11H2,1H3/t12-,19+/m1/s1. The van der Waals surface area contributed by atoms with Gasteiger partial charge in [-0.15, -0.1) is 11.8 Å². The monoisotopic (exact) mass is 583 g/mol. The SMILES string of the molecule is C[C@@H](N1CN([C@H]2c3ccc(F)cc3CSc3c(Br)cccc32)n2ccc(=O)c(O)c2C1=O)C(F)(F)F. The Kier molecular flexibility index (Phi) is 6.06. The van der Waals surface area contributed by atoms with Gasteiger partial charge in [0.15, 0.2) is 11.4 Å². The van der Waals surface area contributed by atoms with Crippen LogP contribution in [0.3, 0.4) is 0 Å². The lowest BCUT2D eigenvalue weighted by molar-refractivity contribution is -0.173. The number of fused-ring (bicyclic) bond motifs is 3. The van der Waals surface area contributed by atoms with E-state index >= 15 is 0 Å². The number of carbonyl (C=O) groups excluding carboxylic acids is 1. The summed E-state index contributed by atoms with van der Waals surface area (Å²) in [5.41, 5.74) is 0.504. The number of aromatic hydroxyl groups is 1. The van der Waals surface area contributed by atoms with Crippen molar-refractivity contribution in [2.24, 2.45) is 0 Å². The van der Waals surface area contributed by atoms with Gasteiger partial charge in [-0.1, -0.05) is 18.2 Å². The van der Waals surface area contributed by atoms with Crippen LogP contribution in [0.1, 0.15) is 40.1 Å². The average Bonchev–Trinajstić information content (AvgIpc) is 2.98. The second kappa shape index (κ2) is 8.84. The molecule has 2 atom stereocenters. The molecule has 1 amide bonds. The normalized spacial score (nSPS) is 18.3. The van der Waals surface area contributed by atoms with Gasteiger partial charge < -0.3 is 10.0 Å². The summed E-state index contributed by atoms with van der Waals surface area (Å²) in [5, 5.41) is 12.0. The Labute approximate surface area is 215 Å². The quantitative estimate of drug-likeness (QED) is 0.423. The molecule has 0 fully saturated rings. The number of carbonyl (C=O) groups is 1. The molecule has 0 spiro atoms. The van der Waals surface area contributed by atoms with Crippen molar-refractivity contribution in [3.63, 3.8) is 0 Å². The van der Waals surface area contributed by atoms with Crippen molar-refractivity contribution in [1.29, 1.82) is 0 Å². The molecule has 5 rings (SSSR count). The Hall–Kier alpha value is -2.99. The fourth-order valence-corrected chi connectivity index (χ4v) is 6.36. The highest BCUT2D eigenvalue weighted by molar-refractivity contribution is 9.10. The second-order valence-electron chi connectivity index (χ2n) is 8.49. The zero-order chi connectivity index (χ0) is 25.9. The van der Waals surface area contributed by atoms with Crippen molar-refractivity contribution < 1.29 is 27.5 Å². The molecule has 0 saturated carbocycles. The van der Waals surface area contributed by atoms with E-state index in [1.165, 1.54) is 39.8 Å². The molecule has 6 nitrogen and oxygen atoms in total. The van der Waals surface area contributed by atoms with Crippen LogP contribution in [0.4, 0.5) is 17.6 Å². The van der Waals surface area contributed by atoms with Crippen LogP contribution in [0.25, 0.3) is 0 Å². The molecule has 1 aromatic heterocycles. The van der Waals surface area contributed by atoms with Crippen LogP contribution in [-0.2, 0) is 5.75 Å². The predicted octanol–water partition coefficient (Wildman–Crippen LogP) is 5.15. The number of benzene rings is 2. The number of rotatable bonds is 2. The molecular formula is C24H18BrF4N3O3S. The number of hydrogen-bond donors (Lipinski definition) is 1. The smallest absolute Gasteiger partial charge is 0.408 e. The number of nitrogens with zero attached hydrogens (tertiary/aromatic N) is 3. The summed E-state index contributed by atoms with van der Waals surface area (Å²) in [4.78, 5) is 26.8. The second-order valence-corrected chi connectivity index (χ2v) is 10.3. The molecule has 1 N–H and O–H groups in total. The first-order valence-electron chi connectivity index (χ1n) is 10.8. The molecular weight excluding hydrogens is 566 g/mol. The van der Waals surface area contributed by atoms with Crippen LogP contribution >= 0.6 is 27.7 Å². The number of amides is 1. The van der Waals surface area contributed by atoms with Gasteiger partial charge in [-0.3, -0.25) is 19.3 Å². The summed E-state index contributed by atoms with van der Waals surface area (Å²) in [6, 6.07) is 7.70. The molecule has 0 unspecified atom stereocenters. The lowest BCUT2D eigenvalue weighted by Gasteiger charge is -2.46. The zero-order valence-electron chi connectivity index (χ0n) is 18.6. The first-order valence-corrected chi connectivity index (χ1v) is 12.6. The minimum Gasteiger partial charge on any atom is -0.502 e. The van der Waals surface area contributed by atoms with E-state index in [-0.39, 0.29) is 0 Å². The third-order valence-corrected chi connectivity index (χ3v) is 8.52. The summed E-state index contributed by atoms with van der Waals surface area (Å²) in [6.07, 6.45) is -3.50. The third kappa shape index (κ3) is 3.96. The highest BCUT2D eigenvalue weighted by atomic mass is 79.9. The lowest BCUT2D eigenvalue weighted by atomic mass is 9.94. The van der Waals surface area contributed by atoms with Crippen molar-refractivity contribution in [3.8, 4) is 5.75 Å². The van der Waals surface area contributed by atoms with Crippen molar-refractivity contribution >= 4 is 33.6 Å². The first-order chi connectivity index (χ1) is 17.0. The molecule has 2 aliphatic rings. The highest BCUT2D eigenvalue weighted by Crippen LogP contribution is 2.46. The predicted molar refractivity (Wildman–Crippen MR) is 129 cm³/mol. The molecule has 36 heavy (non-hydrogen) atoms. The van der Waals surface area contributed by atoms with Crippen LogP contribution in [0.5, 0.6) is 5.75 Å². The van der Waals surface area contributed by atoms with E-state index in [4.69, 9.17) is 0 Å². The first kappa shape index (κ1) is 24.7. The van der Waals surface area contributed by atoms with Gasteiger partial charge in [-0.25, -0.2) is 4.39 Å². The molecule has 3 heterocycles. The van der Waals surface area contributed by atoms with E-state index < -0.39 is 53.5 Å². The number of aromatic nitrogens is 1. The van der Waals surface area contributed by atoms with Gasteiger partial charge in [0, 0.05) is 27.4 Å². The van der Waals surface area contributed by atoms with E-state index in [9.17, 15) is 32.3 Å². The van der Waals surface area contributed by atoms with Crippen molar-refractivity contribution in [1.82, 2.24) is 9.58 Å². The van der Waals surface area contributed by atoms with Gasteiger partial charge in [0.1, 0.15) is 18.5 Å². The summed E-state index contributed by atoms with van der Waals surface area (Å²) in [6.45, 7) is 0.341. The van der Waals surface area contributed by atoms with Crippen LogP contribution in [0.15, 0.2) is 62.8 Å². The van der Waals surface area contributed by atoms with Crippen molar-refractivity contribution in [3.05, 3.63) is 91.6 Å². The summed E-state index contributed by atoms with van der Waals surface area (Å²) in [7, 11) is 0. The van der Waals surface area contributed by atoms with Gasteiger partial charge >= 0.3 is 6.18 Å². The number of halogens is 5. The van der Waals surface area contributed by atoms with E-state index in [1.54, 1.807) is 12.1 Å². The van der Waals surface area contributed by atoms with Crippen LogP contribution in [0.2, 0.25) is 0 Å². The fourth-order valence-electron chi connectivity index (χ4n) is 4.53. The Morgan fingerprint density at radius 1 is 1.14 bits per heavy atom. The Morgan fingerprint density at radius 3 is 2.61 bits per heavy atom. The van der Waals surface area contributed by atoms with Crippen molar-refractivity contribution in [2.45, 2.75) is 35.8 Å².